The minimum Gasteiger partial charge on any atom is -0.376 e. The predicted molar refractivity (Wildman–Crippen MR) is 114 cm³/mol. The monoisotopic (exact) mass is 459 g/mol. The van der Waals surface area contributed by atoms with Crippen molar-refractivity contribution in [2.24, 2.45) is 10.1 Å². The number of hydrogen-bond acceptors (Lipinski definition) is 4. The van der Waals surface area contributed by atoms with Crippen LogP contribution in [-0.4, -0.2) is 30.1 Å². The number of thiazole rings is 1. The smallest absolute Gasteiger partial charge is 0.206 e. The Morgan fingerprint density at radius 1 is 1.21 bits per heavy atom. The zero-order valence-electron chi connectivity index (χ0n) is 15.1. The van der Waals surface area contributed by atoms with Gasteiger partial charge in [0.15, 0.2) is 0 Å². The Morgan fingerprint density at radius 2 is 2.04 bits per heavy atom. The van der Waals surface area contributed by atoms with Crippen LogP contribution >= 0.6 is 27.3 Å². The van der Waals surface area contributed by atoms with Crippen LogP contribution in [0.25, 0.3) is 11.3 Å². The van der Waals surface area contributed by atoms with Gasteiger partial charge in [-0.3, -0.25) is 4.99 Å². The van der Waals surface area contributed by atoms with Crippen LogP contribution in [0.3, 0.4) is 0 Å². The molecule has 1 saturated heterocycles. The van der Waals surface area contributed by atoms with Crippen LogP contribution < -0.4 is 4.80 Å². The highest BCUT2D eigenvalue weighted by Gasteiger charge is 2.15. The maximum atomic E-state index is 14.0. The largest absolute Gasteiger partial charge is 0.376 e. The minimum atomic E-state index is -0.301. The lowest BCUT2D eigenvalue weighted by atomic mass is 10.2. The van der Waals surface area contributed by atoms with E-state index in [0.717, 1.165) is 40.0 Å². The van der Waals surface area contributed by atoms with E-state index in [4.69, 9.17) is 9.73 Å². The topological polar surface area (TPSA) is 38.9 Å². The molecule has 144 valence electrons. The molecule has 0 bridgehead atoms. The van der Waals surface area contributed by atoms with Crippen molar-refractivity contribution in [1.82, 2.24) is 4.68 Å². The van der Waals surface area contributed by atoms with Gasteiger partial charge in [-0.25, -0.2) is 9.07 Å². The van der Waals surface area contributed by atoms with Gasteiger partial charge in [0.25, 0.3) is 0 Å². The molecule has 3 aromatic rings. The highest BCUT2D eigenvalue weighted by Crippen LogP contribution is 2.22. The number of aromatic nitrogens is 1. The van der Waals surface area contributed by atoms with Crippen LogP contribution in [0, 0.1) is 5.82 Å². The van der Waals surface area contributed by atoms with Crippen molar-refractivity contribution in [2.45, 2.75) is 18.9 Å². The summed E-state index contributed by atoms with van der Waals surface area (Å²) in [7, 11) is 0. The summed E-state index contributed by atoms with van der Waals surface area (Å²) >= 11 is 4.99. The van der Waals surface area contributed by atoms with Crippen LogP contribution in [0.15, 0.2) is 68.5 Å². The van der Waals surface area contributed by atoms with Gasteiger partial charge in [0, 0.05) is 27.6 Å². The number of hydrogen-bond donors (Lipinski definition) is 0. The van der Waals surface area contributed by atoms with Crippen LogP contribution in [0.4, 0.5) is 4.39 Å². The van der Waals surface area contributed by atoms with Crippen LogP contribution in [0.5, 0.6) is 0 Å². The van der Waals surface area contributed by atoms with Crippen molar-refractivity contribution < 1.29 is 9.13 Å². The SMILES string of the molecule is Fc1ccccc1C=Nn1c(-c2ccc(Br)cc2)csc1=NCC1CCCO1. The Labute approximate surface area is 175 Å². The summed E-state index contributed by atoms with van der Waals surface area (Å²) in [5.74, 6) is -0.301. The maximum Gasteiger partial charge on any atom is 0.206 e. The molecule has 1 aromatic heterocycles. The molecule has 7 heteroatoms. The average molecular weight is 460 g/mol. The molecule has 2 heterocycles. The second-order valence-corrected chi connectivity index (χ2v) is 8.22. The Hall–Kier alpha value is -2.09. The minimum absolute atomic E-state index is 0.169. The Kier molecular flexibility index (Phi) is 6.14. The van der Waals surface area contributed by atoms with E-state index in [2.05, 4.69) is 21.0 Å². The molecule has 0 N–H and O–H groups in total. The van der Waals surface area contributed by atoms with E-state index in [1.54, 1.807) is 22.9 Å². The number of rotatable bonds is 5. The van der Waals surface area contributed by atoms with Gasteiger partial charge >= 0.3 is 0 Å². The van der Waals surface area contributed by atoms with E-state index in [-0.39, 0.29) is 11.9 Å². The van der Waals surface area contributed by atoms with Gasteiger partial charge in [0.05, 0.1) is 24.6 Å². The van der Waals surface area contributed by atoms with Gasteiger partial charge in [0.2, 0.25) is 4.80 Å². The first-order valence-electron chi connectivity index (χ1n) is 9.08. The predicted octanol–water partition coefficient (Wildman–Crippen LogP) is 5.08. The lowest BCUT2D eigenvalue weighted by Crippen LogP contribution is -2.17. The molecule has 4 rings (SSSR count). The Morgan fingerprint density at radius 3 is 2.79 bits per heavy atom. The molecule has 0 aliphatic carbocycles. The fraction of sp³-hybridized carbons (Fsp3) is 0.238. The molecule has 1 unspecified atom stereocenters. The van der Waals surface area contributed by atoms with Gasteiger partial charge in [0.1, 0.15) is 5.82 Å². The Balaban J connectivity index is 1.73. The molecule has 1 fully saturated rings. The van der Waals surface area contributed by atoms with E-state index in [1.165, 1.54) is 23.6 Å². The summed E-state index contributed by atoms with van der Waals surface area (Å²) in [4.78, 5) is 5.49. The summed E-state index contributed by atoms with van der Waals surface area (Å²) in [6.45, 7) is 1.41. The Bertz CT molecular complexity index is 1040. The summed E-state index contributed by atoms with van der Waals surface area (Å²) in [5, 5.41) is 6.58. The summed E-state index contributed by atoms with van der Waals surface area (Å²) < 4.78 is 22.5. The highest BCUT2D eigenvalue weighted by molar-refractivity contribution is 9.10. The fourth-order valence-electron chi connectivity index (χ4n) is 3.01. The van der Waals surface area contributed by atoms with Crippen molar-refractivity contribution in [1.29, 1.82) is 0 Å². The number of ether oxygens (including phenoxy) is 1. The van der Waals surface area contributed by atoms with E-state index >= 15 is 0 Å². The van der Waals surface area contributed by atoms with Crippen molar-refractivity contribution in [3.8, 4) is 11.3 Å². The standard InChI is InChI=1S/C21H19BrFN3OS/c22-17-9-7-15(8-10-17)20-14-28-21(24-13-18-5-3-11-27-18)26(20)25-12-16-4-1-2-6-19(16)23/h1-2,4,6-10,12,14,18H,3,5,11,13H2. The third-order valence-electron chi connectivity index (χ3n) is 4.50. The van der Waals surface area contributed by atoms with Crippen LogP contribution in [0.2, 0.25) is 0 Å². The van der Waals surface area contributed by atoms with Crippen molar-refractivity contribution in [3.63, 3.8) is 0 Å². The van der Waals surface area contributed by atoms with Gasteiger partial charge in [-0.05, 0) is 31.0 Å². The van der Waals surface area contributed by atoms with Crippen molar-refractivity contribution >= 4 is 33.5 Å². The van der Waals surface area contributed by atoms with Crippen molar-refractivity contribution in [3.05, 3.63) is 74.6 Å². The average Bonchev–Trinajstić information content (AvgIpc) is 3.36. The van der Waals surface area contributed by atoms with Crippen LogP contribution in [-0.2, 0) is 4.74 Å². The maximum absolute atomic E-state index is 14.0. The summed E-state index contributed by atoms with van der Waals surface area (Å²) in [6, 6.07) is 14.6. The van der Waals surface area contributed by atoms with Gasteiger partial charge in [-0.2, -0.15) is 5.10 Å². The molecule has 0 saturated carbocycles. The highest BCUT2D eigenvalue weighted by atomic mass is 79.9. The quantitative estimate of drug-likeness (QED) is 0.490. The number of halogens is 2. The molecule has 1 aliphatic heterocycles. The first-order chi connectivity index (χ1) is 13.7. The second-order valence-electron chi connectivity index (χ2n) is 6.46. The molecule has 2 aromatic carbocycles. The van der Waals surface area contributed by atoms with Gasteiger partial charge in [-0.15, -0.1) is 11.3 Å². The molecule has 28 heavy (non-hydrogen) atoms. The molecule has 1 aliphatic rings. The molecule has 0 spiro atoms. The van der Waals surface area contributed by atoms with Crippen LogP contribution in [0.1, 0.15) is 18.4 Å². The first kappa shape index (κ1) is 19.2. The van der Waals surface area contributed by atoms with Gasteiger partial charge in [-0.1, -0.05) is 46.3 Å². The molecule has 4 nitrogen and oxygen atoms in total. The first-order valence-corrected chi connectivity index (χ1v) is 10.8. The second kappa shape index (κ2) is 8.94. The summed E-state index contributed by atoms with van der Waals surface area (Å²) in [5.41, 5.74) is 2.37. The third kappa shape index (κ3) is 4.48. The van der Waals surface area contributed by atoms with Gasteiger partial charge < -0.3 is 4.74 Å². The fourth-order valence-corrected chi connectivity index (χ4v) is 4.12. The molecule has 1 atom stereocenters. The van der Waals surface area contributed by atoms with Crippen molar-refractivity contribution in [2.75, 3.05) is 13.2 Å². The summed E-state index contributed by atoms with van der Waals surface area (Å²) in [6.07, 6.45) is 3.82. The lowest BCUT2D eigenvalue weighted by molar-refractivity contribution is 0.117. The zero-order chi connectivity index (χ0) is 19.3. The van der Waals surface area contributed by atoms with E-state index in [9.17, 15) is 4.39 Å². The molecule has 0 amide bonds. The normalized spacial score (nSPS) is 17.6. The molecular formula is C21H19BrFN3OS. The van der Waals surface area contributed by atoms with E-state index in [1.807, 2.05) is 29.6 Å². The number of nitrogens with zero attached hydrogens (tertiary/aromatic N) is 3. The third-order valence-corrected chi connectivity index (χ3v) is 5.88. The molecule has 0 radical (unpaired) electrons. The van der Waals surface area contributed by atoms with E-state index < -0.39 is 0 Å². The molecular weight excluding hydrogens is 441 g/mol. The number of benzene rings is 2. The zero-order valence-corrected chi connectivity index (χ0v) is 17.5. The van der Waals surface area contributed by atoms with E-state index in [0.29, 0.717) is 12.1 Å². The lowest BCUT2D eigenvalue weighted by Gasteiger charge is -2.06.